The highest BCUT2D eigenvalue weighted by Gasteiger charge is 2.27. The molecule has 0 aliphatic carbocycles. The van der Waals surface area contributed by atoms with Crippen molar-refractivity contribution >= 4 is 17.4 Å². The molecule has 1 aliphatic heterocycles. The Labute approximate surface area is 167 Å². The van der Waals surface area contributed by atoms with Gasteiger partial charge in [0, 0.05) is 22.8 Å². The molecule has 3 rings (SSSR count). The minimum absolute atomic E-state index is 0.183. The van der Waals surface area contributed by atoms with Gasteiger partial charge in [-0.25, -0.2) is 4.79 Å². The summed E-state index contributed by atoms with van der Waals surface area (Å²) in [7, 11) is 0. The lowest BCUT2D eigenvalue weighted by atomic mass is 9.88. The molecule has 3 nitrogen and oxygen atoms in total. The Morgan fingerprint density at radius 1 is 1.15 bits per heavy atom. The van der Waals surface area contributed by atoms with Crippen LogP contribution in [-0.4, -0.2) is 29.7 Å². The monoisotopic (exact) mass is 385 g/mol. The van der Waals surface area contributed by atoms with Crippen molar-refractivity contribution in [2.45, 2.75) is 65.4 Å². The van der Waals surface area contributed by atoms with Crippen LogP contribution in [0.2, 0.25) is 0 Å². The molecule has 2 aromatic rings. The molecule has 1 saturated heterocycles. The molecule has 0 atom stereocenters. The third-order valence-corrected chi connectivity index (χ3v) is 6.14. The lowest BCUT2D eigenvalue weighted by Crippen LogP contribution is -2.41. The van der Waals surface area contributed by atoms with E-state index in [0.29, 0.717) is 5.92 Å². The predicted octanol–water partition coefficient (Wildman–Crippen LogP) is 6.07. The van der Waals surface area contributed by atoms with E-state index >= 15 is 0 Å². The Bertz CT molecular complexity index is 778. The van der Waals surface area contributed by atoms with Crippen molar-refractivity contribution in [1.29, 1.82) is 0 Å². The van der Waals surface area contributed by atoms with Crippen LogP contribution < -0.4 is 0 Å². The molecule has 0 spiro atoms. The SMILES string of the molecule is Cc1cc(Cc2ccc(C3CCN(C(=O)OC(C)(C)C)CC3)cc2)c(C)s1. The molecule has 1 fully saturated rings. The van der Waals surface area contributed by atoms with Gasteiger partial charge >= 0.3 is 6.09 Å². The fourth-order valence-electron chi connectivity index (χ4n) is 3.71. The van der Waals surface area contributed by atoms with Crippen LogP contribution in [0.15, 0.2) is 30.3 Å². The maximum absolute atomic E-state index is 12.2. The van der Waals surface area contributed by atoms with Gasteiger partial charge in [0.15, 0.2) is 0 Å². The molecule has 2 heterocycles. The van der Waals surface area contributed by atoms with E-state index in [0.717, 1.165) is 32.4 Å². The highest BCUT2D eigenvalue weighted by atomic mass is 32.1. The van der Waals surface area contributed by atoms with Crippen LogP contribution in [0.25, 0.3) is 0 Å². The second-order valence-corrected chi connectivity index (χ2v) is 10.1. The number of hydrogen-bond acceptors (Lipinski definition) is 3. The average molecular weight is 386 g/mol. The molecular formula is C23H31NO2S. The first-order chi connectivity index (χ1) is 12.7. The first kappa shape index (κ1) is 19.9. The Balaban J connectivity index is 1.56. The second kappa shape index (κ2) is 8.05. The number of aryl methyl sites for hydroxylation is 2. The van der Waals surface area contributed by atoms with Gasteiger partial charge in [-0.1, -0.05) is 24.3 Å². The van der Waals surface area contributed by atoms with Crippen LogP contribution in [0, 0.1) is 13.8 Å². The molecule has 0 radical (unpaired) electrons. The molecule has 4 heteroatoms. The van der Waals surface area contributed by atoms with Crippen LogP contribution in [0.4, 0.5) is 4.79 Å². The first-order valence-electron chi connectivity index (χ1n) is 9.84. The average Bonchev–Trinajstić information content (AvgIpc) is 2.91. The molecule has 0 N–H and O–H groups in total. The van der Waals surface area contributed by atoms with E-state index in [4.69, 9.17) is 4.74 Å². The summed E-state index contributed by atoms with van der Waals surface area (Å²) in [6.07, 6.45) is 2.83. The Morgan fingerprint density at radius 3 is 2.30 bits per heavy atom. The van der Waals surface area contributed by atoms with Crippen molar-refractivity contribution < 1.29 is 9.53 Å². The molecule has 1 aliphatic rings. The maximum Gasteiger partial charge on any atom is 0.410 e. The first-order valence-corrected chi connectivity index (χ1v) is 10.7. The zero-order chi connectivity index (χ0) is 19.6. The van der Waals surface area contributed by atoms with Crippen molar-refractivity contribution in [3.63, 3.8) is 0 Å². The van der Waals surface area contributed by atoms with Gasteiger partial charge in [-0.3, -0.25) is 0 Å². The van der Waals surface area contributed by atoms with Crippen LogP contribution in [0.3, 0.4) is 0 Å². The van der Waals surface area contributed by atoms with E-state index < -0.39 is 5.60 Å². The predicted molar refractivity (Wildman–Crippen MR) is 113 cm³/mol. The van der Waals surface area contributed by atoms with E-state index in [2.05, 4.69) is 44.2 Å². The van der Waals surface area contributed by atoms with Gasteiger partial charge < -0.3 is 9.64 Å². The maximum atomic E-state index is 12.2. The number of likely N-dealkylation sites (tertiary alicyclic amines) is 1. The molecule has 1 amide bonds. The number of hydrogen-bond donors (Lipinski definition) is 0. The fourth-order valence-corrected chi connectivity index (χ4v) is 4.65. The highest BCUT2D eigenvalue weighted by molar-refractivity contribution is 7.12. The molecule has 0 unspecified atom stereocenters. The zero-order valence-electron chi connectivity index (χ0n) is 17.2. The molecular weight excluding hydrogens is 354 g/mol. The van der Waals surface area contributed by atoms with Gasteiger partial charge in [-0.2, -0.15) is 0 Å². The quantitative estimate of drug-likeness (QED) is 0.642. The zero-order valence-corrected chi connectivity index (χ0v) is 18.0. The van der Waals surface area contributed by atoms with E-state index in [1.165, 1.54) is 26.4 Å². The van der Waals surface area contributed by atoms with Crippen molar-refractivity contribution in [3.8, 4) is 0 Å². The van der Waals surface area contributed by atoms with E-state index in [1.54, 1.807) is 0 Å². The minimum Gasteiger partial charge on any atom is -0.444 e. The standard InChI is InChI=1S/C23H31NO2S/c1-16-14-21(17(2)27-16)15-18-6-8-19(9-7-18)20-10-12-24(13-11-20)22(25)26-23(3,4)5/h6-9,14,20H,10-13,15H2,1-5H3. The summed E-state index contributed by atoms with van der Waals surface area (Å²) in [5.41, 5.74) is 3.77. The van der Waals surface area contributed by atoms with Crippen molar-refractivity contribution in [2.75, 3.05) is 13.1 Å². The summed E-state index contributed by atoms with van der Waals surface area (Å²) in [5.74, 6) is 0.530. The summed E-state index contributed by atoms with van der Waals surface area (Å²) >= 11 is 1.88. The lowest BCUT2D eigenvalue weighted by molar-refractivity contribution is 0.0205. The smallest absolute Gasteiger partial charge is 0.410 e. The van der Waals surface area contributed by atoms with Crippen LogP contribution in [0.1, 0.15) is 66.0 Å². The van der Waals surface area contributed by atoms with E-state index in [9.17, 15) is 4.79 Å². The Morgan fingerprint density at radius 2 is 1.78 bits per heavy atom. The number of benzene rings is 1. The summed E-state index contributed by atoms with van der Waals surface area (Å²) < 4.78 is 5.49. The summed E-state index contributed by atoms with van der Waals surface area (Å²) in [4.78, 5) is 16.9. The summed E-state index contributed by atoms with van der Waals surface area (Å²) in [6, 6.07) is 11.4. The number of piperidine rings is 1. The molecule has 146 valence electrons. The highest BCUT2D eigenvalue weighted by Crippen LogP contribution is 2.30. The molecule has 27 heavy (non-hydrogen) atoms. The number of ether oxygens (including phenoxy) is 1. The summed E-state index contributed by atoms with van der Waals surface area (Å²) in [6.45, 7) is 11.7. The van der Waals surface area contributed by atoms with Crippen LogP contribution in [-0.2, 0) is 11.2 Å². The van der Waals surface area contributed by atoms with Gasteiger partial charge in [0.2, 0.25) is 0 Å². The van der Waals surface area contributed by atoms with Crippen molar-refractivity contribution in [1.82, 2.24) is 4.90 Å². The van der Waals surface area contributed by atoms with Gasteiger partial charge in [0.1, 0.15) is 5.60 Å². The Kier molecular flexibility index (Phi) is 5.95. The largest absolute Gasteiger partial charge is 0.444 e. The normalized spacial score (nSPS) is 15.8. The molecule has 1 aromatic carbocycles. The summed E-state index contributed by atoms with van der Waals surface area (Å²) in [5, 5.41) is 0. The molecule has 0 bridgehead atoms. The van der Waals surface area contributed by atoms with E-state index in [-0.39, 0.29) is 6.09 Å². The van der Waals surface area contributed by atoms with E-state index in [1.807, 2.05) is 37.0 Å². The van der Waals surface area contributed by atoms with Gasteiger partial charge in [-0.15, -0.1) is 11.3 Å². The van der Waals surface area contributed by atoms with Crippen LogP contribution in [0.5, 0.6) is 0 Å². The lowest BCUT2D eigenvalue weighted by Gasteiger charge is -2.33. The third-order valence-electron chi connectivity index (χ3n) is 5.14. The number of nitrogens with zero attached hydrogens (tertiary/aromatic N) is 1. The molecule has 1 aromatic heterocycles. The van der Waals surface area contributed by atoms with Crippen molar-refractivity contribution in [3.05, 3.63) is 56.8 Å². The number of amides is 1. The van der Waals surface area contributed by atoms with Crippen LogP contribution >= 0.6 is 11.3 Å². The van der Waals surface area contributed by atoms with Crippen molar-refractivity contribution in [2.24, 2.45) is 0 Å². The third kappa shape index (κ3) is 5.35. The van der Waals surface area contributed by atoms with Gasteiger partial charge in [0.05, 0.1) is 0 Å². The number of carbonyl (C=O) groups is 1. The minimum atomic E-state index is -0.427. The van der Waals surface area contributed by atoms with Gasteiger partial charge in [0.25, 0.3) is 0 Å². The number of rotatable bonds is 3. The van der Waals surface area contributed by atoms with Gasteiger partial charge in [-0.05, 0) is 82.6 Å². The second-order valence-electron chi connectivity index (χ2n) is 8.60. The Hall–Kier alpha value is -1.81. The fraction of sp³-hybridized carbons (Fsp3) is 0.522. The number of thiophene rings is 1. The number of carbonyl (C=O) groups excluding carboxylic acids is 1. The topological polar surface area (TPSA) is 29.5 Å². The molecule has 0 saturated carbocycles.